The van der Waals surface area contributed by atoms with Crippen molar-refractivity contribution in [2.24, 2.45) is 0 Å². The predicted molar refractivity (Wildman–Crippen MR) is 122 cm³/mol. The Hall–Kier alpha value is -3.34. The van der Waals surface area contributed by atoms with Crippen LogP contribution in [0.1, 0.15) is 30.0 Å². The van der Waals surface area contributed by atoms with Crippen molar-refractivity contribution in [2.75, 3.05) is 31.1 Å². The topological polar surface area (TPSA) is 113 Å². The van der Waals surface area contributed by atoms with Gasteiger partial charge >= 0.3 is 12.4 Å². The average Bonchev–Trinajstić information content (AvgIpc) is 3.51. The third-order valence-corrected chi connectivity index (χ3v) is 7.04. The van der Waals surface area contributed by atoms with Gasteiger partial charge in [-0.3, -0.25) is 4.79 Å². The van der Waals surface area contributed by atoms with Gasteiger partial charge in [0.1, 0.15) is 29.4 Å². The van der Waals surface area contributed by atoms with Gasteiger partial charge in [-0.15, -0.1) is 0 Å². The molecule has 1 saturated heterocycles. The highest BCUT2D eigenvalue weighted by Crippen LogP contribution is 2.43. The first-order valence-corrected chi connectivity index (χ1v) is 12.2. The molecule has 0 aromatic carbocycles. The highest BCUT2D eigenvalue weighted by atomic mass is 32.1. The quantitative estimate of drug-likeness (QED) is 0.436. The highest BCUT2D eigenvalue weighted by molar-refractivity contribution is 7.16. The number of aromatic nitrogens is 6. The van der Waals surface area contributed by atoms with Gasteiger partial charge in [0.2, 0.25) is 16.7 Å². The molecule has 10 nitrogen and oxygen atoms in total. The van der Waals surface area contributed by atoms with Gasteiger partial charge in [0.15, 0.2) is 0 Å². The Morgan fingerprint density at radius 1 is 1.11 bits per heavy atom. The molecule has 0 radical (unpaired) electrons. The second-order valence-corrected chi connectivity index (χ2v) is 9.33. The molecule has 1 unspecified atom stereocenters. The van der Waals surface area contributed by atoms with E-state index in [2.05, 4.69) is 25.0 Å². The molecule has 3 aromatic heterocycles. The maximum absolute atomic E-state index is 13.5. The summed E-state index contributed by atoms with van der Waals surface area (Å²) in [5, 5.41) is 12.5. The molecule has 0 bridgehead atoms. The third-order valence-electron chi connectivity index (χ3n) is 5.88. The van der Waals surface area contributed by atoms with Gasteiger partial charge < -0.3 is 14.9 Å². The number of aliphatic hydroxyl groups excluding tert-OH is 1. The number of halogens is 6. The first-order chi connectivity index (χ1) is 17.9. The summed E-state index contributed by atoms with van der Waals surface area (Å²) in [6.45, 7) is 1.82. The van der Waals surface area contributed by atoms with Crippen LogP contribution in [0.2, 0.25) is 0 Å². The second-order valence-electron chi connectivity index (χ2n) is 8.35. The Morgan fingerprint density at radius 3 is 2.42 bits per heavy atom. The van der Waals surface area contributed by atoms with E-state index in [1.807, 2.05) is 6.92 Å². The number of alkyl halides is 6. The summed E-state index contributed by atoms with van der Waals surface area (Å²) in [6.07, 6.45) is -5.99. The van der Waals surface area contributed by atoms with Gasteiger partial charge in [-0.05, 0) is 6.42 Å². The van der Waals surface area contributed by atoms with Crippen molar-refractivity contribution >= 4 is 22.2 Å². The summed E-state index contributed by atoms with van der Waals surface area (Å²) >= 11 is 0.340. The van der Waals surface area contributed by atoms with E-state index < -0.39 is 29.2 Å². The van der Waals surface area contributed by atoms with E-state index in [0.717, 1.165) is 12.4 Å². The SMILES string of the molecule is CCc1ncnn1CC(=O)N1CCN(c2sc(C(F)(F)F)nc2-c2cnc(C(F)(F)F)nc2)CC1CCO. The number of carbonyl (C=O) groups excluding carboxylic acids is 1. The monoisotopic (exact) mass is 564 g/mol. The summed E-state index contributed by atoms with van der Waals surface area (Å²) in [5.41, 5.74) is -0.330. The van der Waals surface area contributed by atoms with E-state index in [-0.39, 0.29) is 61.4 Å². The lowest BCUT2D eigenvalue weighted by Gasteiger charge is -2.42. The number of thiazole rings is 1. The van der Waals surface area contributed by atoms with Crippen LogP contribution in [0.15, 0.2) is 18.7 Å². The van der Waals surface area contributed by atoms with Crippen molar-refractivity contribution in [2.45, 2.75) is 44.7 Å². The molecule has 3 aromatic rings. The van der Waals surface area contributed by atoms with Crippen molar-refractivity contribution in [3.05, 3.63) is 35.4 Å². The first-order valence-electron chi connectivity index (χ1n) is 11.4. The zero-order valence-electron chi connectivity index (χ0n) is 19.9. The maximum Gasteiger partial charge on any atom is 0.451 e. The summed E-state index contributed by atoms with van der Waals surface area (Å²) in [7, 11) is 0. The molecule has 1 amide bonds. The summed E-state index contributed by atoms with van der Waals surface area (Å²) in [6, 6.07) is -0.553. The molecule has 0 spiro atoms. The number of piperazine rings is 1. The minimum atomic E-state index is -4.81. The number of anilines is 1. The molecule has 1 fully saturated rings. The lowest BCUT2D eigenvalue weighted by Crippen LogP contribution is -2.56. The second kappa shape index (κ2) is 10.8. The van der Waals surface area contributed by atoms with Gasteiger partial charge in [0, 0.05) is 50.6 Å². The van der Waals surface area contributed by atoms with Crippen molar-refractivity contribution in [3.8, 4) is 11.3 Å². The van der Waals surface area contributed by atoms with E-state index in [9.17, 15) is 36.2 Å². The first kappa shape index (κ1) is 27.7. The van der Waals surface area contributed by atoms with Crippen molar-refractivity contribution < 1.29 is 36.2 Å². The van der Waals surface area contributed by atoms with E-state index in [1.54, 1.807) is 9.80 Å². The normalized spacial score (nSPS) is 16.8. The average molecular weight is 565 g/mol. The number of aryl methyl sites for hydroxylation is 1. The van der Waals surface area contributed by atoms with Gasteiger partial charge in [-0.2, -0.15) is 31.4 Å². The van der Waals surface area contributed by atoms with E-state index >= 15 is 0 Å². The number of nitrogens with zero attached hydrogens (tertiary/aromatic N) is 8. The Bertz CT molecular complexity index is 1260. The van der Waals surface area contributed by atoms with Crippen LogP contribution in [-0.2, 0) is 30.1 Å². The molecule has 1 aliphatic heterocycles. The van der Waals surface area contributed by atoms with Crippen LogP contribution >= 0.6 is 11.3 Å². The zero-order valence-corrected chi connectivity index (χ0v) is 20.7. The number of hydrogen-bond donors (Lipinski definition) is 1. The lowest BCUT2D eigenvalue weighted by atomic mass is 10.1. The zero-order chi connectivity index (χ0) is 27.7. The number of aliphatic hydroxyl groups is 1. The molecule has 0 aliphatic carbocycles. The fourth-order valence-corrected chi connectivity index (χ4v) is 5.10. The molecule has 0 saturated carbocycles. The molecular weight excluding hydrogens is 542 g/mol. The predicted octanol–water partition coefficient (Wildman–Crippen LogP) is 2.89. The molecule has 1 aliphatic rings. The minimum Gasteiger partial charge on any atom is -0.396 e. The fourth-order valence-electron chi connectivity index (χ4n) is 4.11. The minimum absolute atomic E-state index is 0.0558. The van der Waals surface area contributed by atoms with Gasteiger partial charge in [-0.25, -0.2) is 24.6 Å². The molecule has 1 atom stereocenters. The van der Waals surface area contributed by atoms with E-state index in [4.69, 9.17) is 0 Å². The van der Waals surface area contributed by atoms with Gasteiger partial charge in [0.25, 0.3) is 0 Å². The van der Waals surface area contributed by atoms with Crippen LogP contribution in [0.5, 0.6) is 0 Å². The van der Waals surface area contributed by atoms with Crippen molar-refractivity contribution in [1.29, 1.82) is 0 Å². The molecule has 206 valence electrons. The largest absolute Gasteiger partial charge is 0.451 e. The van der Waals surface area contributed by atoms with Crippen LogP contribution in [0.25, 0.3) is 11.3 Å². The summed E-state index contributed by atoms with van der Waals surface area (Å²) in [4.78, 5) is 30.4. The van der Waals surface area contributed by atoms with Crippen LogP contribution < -0.4 is 4.90 Å². The number of amides is 1. The van der Waals surface area contributed by atoms with Crippen LogP contribution in [-0.4, -0.2) is 77.9 Å². The molecule has 4 rings (SSSR count). The standard InChI is InChI=1S/C21H22F6N8O2S/c1-2-14-30-11-31-35(14)10-15(37)34-5-4-33(9-13(34)3-6-36)17-16(32-19(38-17)21(25,26)27)12-7-28-18(29-8-12)20(22,23)24/h7-8,11,13,36H,2-6,9-10H2,1H3. The van der Waals surface area contributed by atoms with Crippen molar-refractivity contribution in [3.63, 3.8) is 0 Å². The van der Waals surface area contributed by atoms with Crippen LogP contribution in [0.3, 0.4) is 0 Å². The summed E-state index contributed by atoms with van der Waals surface area (Å²) < 4.78 is 80.7. The van der Waals surface area contributed by atoms with Crippen LogP contribution in [0.4, 0.5) is 31.3 Å². The van der Waals surface area contributed by atoms with Crippen molar-refractivity contribution in [1.82, 2.24) is 34.6 Å². The Labute approximate surface area is 216 Å². The smallest absolute Gasteiger partial charge is 0.396 e. The maximum atomic E-state index is 13.5. The molecular formula is C21H22F6N8O2S. The fraction of sp³-hybridized carbons (Fsp3) is 0.524. The summed E-state index contributed by atoms with van der Waals surface area (Å²) in [5.74, 6) is -1.11. The number of hydrogen-bond acceptors (Lipinski definition) is 9. The lowest BCUT2D eigenvalue weighted by molar-refractivity contribution is -0.145. The number of rotatable bonds is 7. The Morgan fingerprint density at radius 2 is 1.82 bits per heavy atom. The van der Waals surface area contributed by atoms with Crippen LogP contribution in [0, 0.1) is 0 Å². The van der Waals surface area contributed by atoms with E-state index in [0.29, 0.717) is 23.6 Å². The molecule has 4 heterocycles. The third kappa shape index (κ3) is 5.87. The highest BCUT2D eigenvalue weighted by Gasteiger charge is 2.39. The Kier molecular flexibility index (Phi) is 7.87. The van der Waals surface area contributed by atoms with Gasteiger partial charge in [-0.1, -0.05) is 18.3 Å². The molecule has 1 N–H and O–H groups in total. The molecule has 38 heavy (non-hydrogen) atoms. The van der Waals surface area contributed by atoms with E-state index in [1.165, 1.54) is 11.0 Å². The van der Waals surface area contributed by atoms with Gasteiger partial charge in [0.05, 0.1) is 6.04 Å². The molecule has 17 heteroatoms. The number of carbonyl (C=O) groups is 1. The Balaban J connectivity index is 1.62.